The highest BCUT2D eigenvalue weighted by Crippen LogP contribution is 2.22. The smallest absolute Gasteiger partial charge is 0.272 e. The third kappa shape index (κ3) is 2.69. The van der Waals surface area contributed by atoms with Gasteiger partial charge in [0.1, 0.15) is 5.69 Å². The summed E-state index contributed by atoms with van der Waals surface area (Å²) in [6, 6.07) is 7.76. The second-order valence-corrected chi connectivity index (χ2v) is 4.86. The van der Waals surface area contributed by atoms with Gasteiger partial charge in [0.15, 0.2) is 0 Å². The number of rotatable bonds is 4. The third-order valence-electron chi connectivity index (χ3n) is 3.47. The molecular weight excluding hydrogens is 250 g/mol. The first kappa shape index (κ1) is 14.2. The van der Waals surface area contributed by atoms with Crippen LogP contribution in [0.2, 0.25) is 0 Å². The number of aromatic nitrogens is 1. The van der Waals surface area contributed by atoms with Crippen LogP contribution in [0.3, 0.4) is 0 Å². The summed E-state index contributed by atoms with van der Waals surface area (Å²) in [6.07, 6.45) is 2.67. The first-order valence-corrected chi connectivity index (χ1v) is 6.92. The molecular formula is C16H21N3O. The van der Waals surface area contributed by atoms with Crippen molar-refractivity contribution in [1.82, 2.24) is 4.57 Å². The zero-order valence-corrected chi connectivity index (χ0v) is 12.2. The SMILES string of the molecule is CCc1cccc(C)c1NC(=O)c1cc(N)cn1CC. The largest absolute Gasteiger partial charge is 0.397 e. The molecule has 20 heavy (non-hydrogen) atoms. The predicted octanol–water partition coefficient (Wildman–Crippen LogP) is 3.21. The molecule has 1 aromatic carbocycles. The van der Waals surface area contributed by atoms with E-state index in [-0.39, 0.29) is 5.91 Å². The lowest BCUT2D eigenvalue weighted by Gasteiger charge is -2.13. The van der Waals surface area contributed by atoms with Gasteiger partial charge in [-0.15, -0.1) is 0 Å². The molecule has 4 nitrogen and oxygen atoms in total. The molecule has 106 valence electrons. The van der Waals surface area contributed by atoms with Crippen LogP contribution in [0.4, 0.5) is 11.4 Å². The Kier molecular flexibility index (Phi) is 4.13. The van der Waals surface area contributed by atoms with Gasteiger partial charge >= 0.3 is 0 Å². The van der Waals surface area contributed by atoms with Crippen molar-refractivity contribution in [2.45, 2.75) is 33.7 Å². The molecule has 4 heteroatoms. The maximum Gasteiger partial charge on any atom is 0.272 e. The van der Waals surface area contributed by atoms with E-state index in [0.29, 0.717) is 17.9 Å². The summed E-state index contributed by atoms with van der Waals surface area (Å²) in [5.74, 6) is -0.118. The molecule has 0 unspecified atom stereocenters. The van der Waals surface area contributed by atoms with E-state index in [1.807, 2.05) is 36.6 Å². The minimum absolute atomic E-state index is 0.118. The molecule has 0 spiro atoms. The van der Waals surface area contributed by atoms with Gasteiger partial charge in [-0.05, 0) is 37.5 Å². The molecule has 0 atom stereocenters. The molecule has 0 saturated carbocycles. The van der Waals surface area contributed by atoms with E-state index in [9.17, 15) is 4.79 Å². The molecule has 0 radical (unpaired) electrons. The molecule has 0 aliphatic carbocycles. The Morgan fingerprint density at radius 1 is 1.35 bits per heavy atom. The van der Waals surface area contributed by atoms with Crippen LogP contribution in [0.1, 0.15) is 35.5 Å². The van der Waals surface area contributed by atoms with Crippen molar-refractivity contribution in [3.8, 4) is 0 Å². The number of nitrogens with two attached hydrogens (primary N) is 1. The number of hydrogen-bond acceptors (Lipinski definition) is 2. The highest BCUT2D eigenvalue weighted by molar-refractivity contribution is 6.04. The maximum atomic E-state index is 12.4. The number of amides is 1. The highest BCUT2D eigenvalue weighted by atomic mass is 16.1. The number of nitrogen functional groups attached to an aromatic ring is 1. The average molecular weight is 271 g/mol. The minimum Gasteiger partial charge on any atom is -0.397 e. The van der Waals surface area contributed by atoms with Crippen LogP contribution in [-0.4, -0.2) is 10.5 Å². The van der Waals surface area contributed by atoms with Crippen molar-refractivity contribution in [2.24, 2.45) is 0 Å². The fourth-order valence-corrected chi connectivity index (χ4v) is 2.36. The van der Waals surface area contributed by atoms with Crippen molar-refractivity contribution in [3.63, 3.8) is 0 Å². The summed E-state index contributed by atoms with van der Waals surface area (Å²) >= 11 is 0. The predicted molar refractivity (Wildman–Crippen MR) is 83.0 cm³/mol. The Balaban J connectivity index is 2.32. The van der Waals surface area contributed by atoms with Gasteiger partial charge in [-0.2, -0.15) is 0 Å². The van der Waals surface area contributed by atoms with Gasteiger partial charge in [-0.1, -0.05) is 25.1 Å². The number of anilines is 2. The lowest BCUT2D eigenvalue weighted by molar-refractivity contribution is 0.101. The molecule has 0 bridgehead atoms. The number of hydrogen-bond donors (Lipinski definition) is 2. The van der Waals surface area contributed by atoms with Crippen LogP contribution in [0.25, 0.3) is 0 Å². The van der Waals surface area contributed by atoms with E-state index in [4.69, 9.17) is 5.73 Å². The van der Waals surface area contributed by atoms with Gasteiger partial charge in [0.25, 0.3) is 5.91 Å². The van der Waals surface area contributed by atoms with Gasteiger partial charge < -0.3 is 15.6 Å². The molecule has 2 rings (SSSR count). The lowest BCUT2D eigenvalue weighted by atomic mass is 10.1. The van der Waals surface area contributed by atoms with Crippen LogP contribution >= 0.6 is 0 Å². The second kappa shape index (κ2) is 5.82. The molecule has 0 fully saturated rings. The topological polar surface area (TPSA) is 60.1 Å². The average Bonchev–Trinajstić information content (AvgIpc) is 2.82. The number of aryl methyl sites for hydroxylation is 3. The van der Waals surface area contributed by atoms with E-state index in [0.717, 1.165) is 23.2 Å². The second-order valence-electron chi connectivity index (χ2n) is 4.86. The summed E-state index contributed by atoms with van der Waals surface area (Å²) in [5.41, 5.74) is 10.1. The first-order chi connectivity index (χ1) is 9.56. The van der Waals surface area contributed by atoms with Gasteiger partial charge in [0.05, 0.1) is 5.69 Å². The molecule has 0 aliphatic rings. The lowest BCUT2D eigenvalue weighted by Crippen LogP contribution is -2.18. The molecule has 2 aromatic rings. The van der Waals surface area contributed by atoms with Gasteiger partial charge in [0.2, 0.25) is 0 Å². The zero-order valence-electron chi connectivity index (χ0n) is 12.2. The van der Waals surface area contributed by atoms with E-state index < -0.39 is 0 Å². The Labute approximate surface area is 119 Å². The van der Waals surface area contributed by atoms with Crippen LogP contribution in [0, 0.1) is 6.92 Å². The molecule has 1 heterocycles. The van der Waals surface area contributed by atoms with Crippen LogP contribution in [-0.2, 0) is 13.0 Å². The maximum absolute atomic E-state index is 12.4. The van der Waals surface area contributed by atoms with Crippen molar-refractivity contribution in [1.29, 1.82) is 0 Å². The number of nitrogens with zero attached hydrogens (tertiary/aromatic N) is 1. The molecule has 3 N–H and O–H groups in total. The van der Waals surface area contributed by atoms with Crippen LogP contribution < -0.4 is 11.1 Å². The molecule has 1 aromatic heterocycles. The first-order valence-electron chi connectivity index (χ1n) is 6.92. The summed E-state index contributed by atoms with van der Waals surface area (Å²) < 4.78 is 1.86. The summed E-state index contributed by atoms with van der Waals surface area (Å²) in [5, 5.41) is 3.02. The summed E-state index contributed by atoms with van der Waals surface area (Å²) in [7, 11) is 0. The Hall–Kier alpha value is -2.23. The van der Waals surface area contributed by atoms with Crippen LogP contribution in [0.15, 0.2) is 30.5 Å². The Morgan fingerprint density at radius 2 is 2.10 bits per heavy atom. The summed E-state index contributed by atoms with van der Waals surface area (Å²) in [6.45, 7) is 6.79. The Morgan fingerprint density at radius 3 is 2.75 bits per heavy atom. The number of nitrogens with one attached hydrogen (secondary N) is 1. The van der Waals surface area contributed by atoms with Gasteiger partial charge in [-0.3, -0.25) is 4.79 Å². The minimum atomic E-state index is -0.118. The zero-order chi connectivity index (χ0) is 14.7. The van der Waals surface area contributed by atoms with E-state index in [2.05, 4.69) is 12.2 Å². The third-order valence-corrected chi connectivity index (χ3v) is 3.47. The molecule has 0 aliphatic heterocycles. The fraction of sp³-hybridized carbons (Fsp3) is 0.312. The van der Waals surface area contributed by atoms with Crippen molar-refractivity contribution in [2.75, 3.05) is 11.1 Å². The quantitative estimate of drug-likeness (QED) is 0.897. The normalized spacial score (nSPS) is 10.6. The number of carbonyl (C=O) groups excluding carboxylic acids is 1. The monoisotopic (exact) mass is 271 g/mol. The number of carbonyl (C=O) groups is 1. The van der Waals surface area contributed by atoms with E-state index in [1.165, 1.54) is 0 Å². The van der Waals surface area contributed by atoms with Crippen molar-refractivity contribution >= 4 is 17.3 Å². The van der Waals surface area contributed by atoms with Gasteiger partial charge in [0, 0.05) is 18.4 Å². The number of para-hydroxylation sites is 1. The van der Waals surface area contributed by atoms with Crippen molar-refractivity contribution in [3.05, 3.63) is 47.3 Å². The highest BCUT2D eigenvalue weighted by Gasteiger charge is 2.14. The fourth-order valence-electron chi connectivity index (χ4n) is 2.36. The Bertz CT molecular complexity index is 629. The molecule has 1 amide bonds. The van der Waals surface area contributed by atoms with E-state index >= 15 is 0 Å². The van der Waals surface area contributed by atoms with Gasteiger partial charge in [-0.25, -0.2) is 0 Å². The number of benzene rings is 1. The molecule has 0 saturated heterocycles. The summed E-state index contributed by atoms with van der Waals surface area (Å²) in [4.78, 5) is 12.4. The van der Waals surface area contributed by atoms with E-state index in [1.54, 1.807) is 12.3 Å². The van der Waals surface area contributed by atoms with Crippen molar-refractivity contribution < 1.29 is 4.79 Å². The standard InChI is InChI=1S/C16H21N3O/c1-4-12-8-6-7-11(3)15(12)18-16(20)14-9-13(17)10-19(14)5-2/h6-10H,4-5,17H2,1-3H3,(H,18,20). The van der Waals surface area contributed by atoms with Crippen LogP contribution in [0.5, 0.6) is 0 Å².